The number of carbonyl (C=O) groups excluding carboxylic acids is 2. The Balaban J connectivity index is 1.41. The number of para-hydroxylation sites is 1. The number of benzene rings is 3. The highest BCUT2D eigenvalue weighted by molar-refractivity contribution is 7.89. The molecular weight excluding hydrogens is 458 g/mol. The lowest BCUT2D eigenvalue weighted by atomic mass is 10.2. The van der Waals surface area contributed by atoms with Crippen molar-refractivity contribution in [1.29, 1.82) is 0 Å². The molecule has 0 aliphatic carbocycles. The molecule has 9 nitrogen and oxygen atoms in total. The molecular formula is C24H25N3O6S. The van der Waals surface area contributed by atoms with Crippen molar-refractivity contribution in [1.82, 2.24) is 15.2 Å². The molecule has 34 heavy (non-hydrogen) atoms. The van der Waals surface area contributed by atoms with E-state index in [4.69, 9.17) is 9.47 Å². The molecule has 0 radical (unpaired) electrons. The summed E-state index contributed by atoms with van der Waals surface area (Å²) in [6.07, 6.45) is 0. The lowest BCUT2D eigenvalue weighted by molar-refractivity contribution is -0.130. The molecule has 0 spiro atoms. The Hall–Kier alpha value is -3.89. The standard InChI is InChI=1S/C24H25N3O6S/c1-18-8-14-22(15-9-18)34(30,31)27(2)16-23(28)25-26-24(29)17-32-19-10-12-21(13-11-19)33-20-6-4-3-5-7-20/h3-15H,16-17H2,1-2H3,(H,25,28)(H,26,29). The summed E-state index contributed by atoms with van der Waals surface area (Å²) in [6.45, 7) is 1.02. The van der Waals surface area contributed by atoms with Gasteiger partial charge in [-0.15, -0.1) is 0 Å². The zero-order chi connectivity index (χ0) is 24.6. The van der Waals surface area contributed by atoms with Crippen molar-refractivity contribution in [2.24, 2.45) is 0 Å². The van der Waals surface area contributed by atoms with E-state index in [1.54, 1.807) is 36.4 Å². The van der Waals surface area contributed by atoms with E-state index in [9.17, 15) is 18.0 Å². The van der Waals surface area contributed by atoms with Gasteiger partial charge in [0.1, 0.15) is 17.2 Å². The molecule has 3 aromatic rings. The summed E-state index contributed by atoms with van der Waals surface area (Å²) in [5, 5.41) is 0. The van der Waals surface area contributed by atoms with E-state index in [0.29, 0.717) is 17.2 Å². The molecule has 10 heteroatoms. The van der Waals surface area contributed by atoms with Crippen LogP contribution in [-0.2, 0) is 19.6 Å². The summed E-state index contributed by atoms with van der Waals surface area (Å²) in [6, 6.07) is 22.3. The first-order valence-electron chi connectivity index (χ1n) is 10.3. The fourth-order valence-electron chi connectivity index (χ4n) is 2.77. The maximum atomic E-state index is 12.5. The first kappa shape index (κ1) is 24.7. The van der Waals surface area contributed by atoms with E-state index in [-0.39, 0.29) is 11.5 Å². The third kappa shape index (κ3) is 7.06. The van der Waals surface area contributed by atoms with Crippen LogP contribution in [0.25, 0.3) is 0 Å². The summed E-state index contributed by atoms with van der Waals surface area (Å²) in [7, 11) is -2.55. The van der Waals surface area contributed by atoms with Crippen molar-refractivity contribution in [2.45, 2.75) is 11.8 Å². The minimum atomic E-state index is -3.83. The Bertz CT molecular complexity index is 1210. The molecule has 0 unspecified atom stereocenters. The summed E-state index contributed by atoms with van der Waals surface area (Å²) in [5.41, 5.74) is 5.28. The third-order valence-corrected chi connectivity index (χ3v) is 6.43. The zero-order valence-electron chi connectivity index (χ0n) is 18.7. The molecule has 0 saturated heterocycles. The molecule has 0 aliphatic rings. The van der Waals surface area contributed by atoms with Gasteiger partial charge in [0.05, 0.1) is 11.4 Å². The van der Waals surface area contributed by atoms with Gasteiger partial charge in [0.2, 0.25) is 10.0 Å². The lowest BCUT2D eigenvalue weighted by Crippen LogP contribution is -2.48. The van der Waals surface area contributed by atoms with Crippen LogP contribution in [0.5, 0.6) is 17.2 Å². The van der Waals surface area contributed by atoms with E-state index >= 15 is 0 Å². The number of hydrogen-bond donors (Lipinski definition) is 2. The van der Waals surface area contributed by atoms with Crippen molar-refractivity contribution >= 4 is 21.8 Å². The van der Waals surface area contributed by atoms with Crippen molar-refractivity contribution in [3.05, 3.63) is 84.4 Å². The van der Waals surface area contributed by atoms with Gasteiger partial charge in [-0.3, -0.25) is 20.4 Å². The monoisotopic (exact) mass is 483 g/mol. The van der Waals surface area contributed by atoms with E-state index in [1.165, 1.54) is 19.2 Å². The molecule has 2 amide bonds. The van der Waals surface area contributed by atoms with Gasteiger partial charge in [-0.05, 0) is 55.5 Å². The van der Waals surface area contributed by atoms with Crippen LogP contribution in [0.3, 0.4) is 0 Å². The molecule has 3 aromatic carbocycles. The van der Waals surface area contributed by atoms with Gasteiger partial charge < -0.3 is 9.47 Å². The van der Waals surface area contributed by atoms with E-state index < -0.39 is 28.4 Å². The fourth-order valence-corrected chi connectivity index (χ4v) is 3.90. The van der Waals surface area contributed by atoms with E-state index in [0.717, 1.165) is 9.87 Å². The van der Waals surface area contributed by atoms with Gasteiger partial charge in [0, 0.05) is 7.05 Å². The Morgan fingerprint density at radius 1 is 0.794 bits per heavy atom. The molecule has 2 N–H and O–H groups in total. The first-order chi connectivity index (χ1) is 16.2. The van der Waals surface area contributed by atoms with Crippen LogP contribution >= 0.6 is 0 Å². The number of carbonyl (C=O) groups is 2. The topological polar surface area (TPSA) is 114 Å². The number of likely N-dealkylation sites (N-methyl/N-ethyl adjacent to an activating group) is 1. The highest BCUT2D eigenvalue weighted by Gasteiger charge is 2.23. The molecule has 0 aliphatic heterocycles. The Labute approximate surface area is 198 Å². The number of nitrogens with zero attached hydrogens (tertiary/aromatic N) is 1. The van der Waals surface area contributed by atoms with Gasteiger partial charge in [-0.1, -0.05) is 35.9 Å². The van der Waals surface area contributed by atoms with Gasteiger partial charge in [-0.25, -0.2) is 8.42 Å². The Kier molecular flexibility index (Phi) is 8.23. The highest BCUT2D eigenvalue weighted by Crippen LogP contribution is 2.23. The average Bonchev–Trinajstić information content (AvgIpc) is 2.83. The quantitative estimate of drug-likeness (QED) is 0.453. The number of sulfonamides is 1. The normalized spacial score (nSPS) is 11.0. The second kappa shape index (κ2) is 11.3. The molecule has 0 atom stereocenters. The van der Waals surface area contributed by atoms with Crippen molar-refractivity contribution in [3.8, 4) is 17.2 Å². The predicted octanol–water partition coefficient (Wildman–Crippen LogP) is 2.63. The Morgan fingerprint density at radius 3 is 2.00 bits per heavy atom. The van der Waals surface area contributed by atoms with Gasteiger partial charge in [0.15, 0.2) is 6.61 Å². The summed E-state index contributed by atoms with van der Waals surface area (Å²) in [4.78, 5) is 24.1. The minimum absolute atomic E-state index is 0.0750. The summed E-state index contributed by atoms with van der Waals surface area (Å²) in [5.74, 6) is 0.436. The smallest absolute Gasteiger partial charge is 0.276 e. The molecule has 0 bridgehead atoms. The summed E-state index contributed by atoms with van der Waals surface area (Å²) >= 11 is 0. The van der Waals surface area contributed by atoms with Gasteiger partial charge in [0.25, 0.3) is 11.8 Å². The van der Waals surface area contributed by atoms with E-state index in [1.807, 2.05) is 37.3 Å². The van der Waals surface area contributed by atoms with Crippen LogP contribution < -0.4 is 20.3 Å². The van der Waals surface area contributed by atoms with Gasteiger partial charge >= 0.3 is 0 Å². The largest absolute Gasteiger partial charge is 0.484 e. The number of hydrogen-bond acceptors (Lipinski definition) is 6. The number of hydrazine groups is 1. The SMILES string of the molecule is Cc1ccc(S(=O)(=O)N(C)CC(=O)NNC(=O)COc2ccc(Oc3ccccc3)cc2)cc1. The molecule has 0 aromatic heterocycles. The molecule has 0 heterocycles. The first-order valence-corrected chi connectivity index (χ1v) is 11.7. The van der Waals surface area contributed by atoms with Crippen LogP contribution in [0.15, 0.2) is 83.8 Å². The molecule has 178 valence electrons. The highest BCUT2D eigenvalue weighted by atomic mass is 32.2. The number of aryl methyl sites for hydroxylation is 1. The summed E-state index contributed by atoms with van der Waals surface area (Å²) < 4.78 is 37.0. The Morgan fingerprint density at radius 2 is 1.35 bits per heavy atom. The van der Waals surface area contributed by atoms with E-state index in [2.05, 4.69) is 10.9 Å². The molecule has 0 fully saturated rings. The maximum Gasteiger partial charge on any atom is 0.276 e. The molecule has 0 saturated carbocycles. The van der Waals surface area contributed by atoms with Gasteiger partial charge in [-0.2, -0.15) is 4.31 Å². The van der Waals surface area contributed by atoms with Crippen LogP contribution in [0.4, 0.5) is 0 Å². The van der Waals surface area contributed by atoms with Crippen LogP contribution in [0.1, 0.15) is 5.56 Å². The van der Waals surface area contributed by atoms with Crippen LogP contribution in [0, 0.1) is 6.92 Å². The number of nitrogens with one attached hydrogen (secondary N) is 2. The lowest BCUT2D eigenvalue weighted by Gasteiger charge is -2.17. The van der Waals surface area contributed by atoms with Crippen LogP contribution in [-0.4, -0.2) is 44.7 Å². The van der Waals surface area contributed by atoms with Crippen molar-refractivity contribution in [2.75, 3.05) is 20.2 Å². The maximum absolute atomic E-state index is 12.5. The zero-order valence-corrected chi connectivity index (χ0v) is 19.5. The average molecular weight is 484 g/mol. The number of rotatable bonds is 9. The molecule has 3 rings (SSSR count). The fraction of sp³-hybridized carbons (Fsp3) is 0.167. The van der Waals surface area contributed by atoms with Crippen LogP contribution in [0.2, 0.25) is 0 Å². The number of ether oxygens (including phenoxy) is 2. The predicted molar refractivity (Wildman–Crippen MR) is 126 cm³/mol. The van der Waals surface area contributed by atoms with Crippen molar-refractivity contribution < 1.29 is 27.5 Å². The third-order valence-electron chi connectivity index (χ3n) is 4.61. The second-order valence-electron chi connectivity index (χ2n) is 7.35. The second-order valence-corrected chi connectivity index (χ2v) is 9.39. The minimum Gasteiger partial charge on any atom is -0.484 e. The number of amides is 2. The van der Waals surface area contributed by atoms with Crippen molar-refractivity contribution in [3.63, 3.8) is 0 Å².